The van der Waals surface area contributed by atoms with Crippen molar-refractivity contribution in [2.45, 2.75) is 51.4 Å². The summed E-state index contributed by atoms with van der Waals surface area (Å²) in [4.78, 5) is 0. The molecular formula is C14H27N3OS. The van der Waals surface area contributed by atoms with Gasteiger partial charge in [0.15, 0.2) is 5.75 Å². The van der Waals surface area contributed by atoms with Crippen molar-refractivity contribution in [3.8, 4) is 5.75 Å². The molecule has 0 aliphatic rings. The topological polar surface area (TPSA) is 39.1 Å². The van der Waals surface area contributed by atoms with E-state index >= 15 is 0 Å². The summed E-state index contributed by atoms with van der Waals surface area (Å²) >= 11 is 1.95. The van der Waals surface area contributed by atoms with Gasteiger partial charge in [-0.2, -0.15) is 16.9 Å². The Morgan fingerprint density at radius 2 is 2.16 bits per heavy atom. The average molecular weight is 285 g/mol. The fraction of sp³-hybridized carbons (Fsp3) is 0.786. The van der Waals surface area contributed by atoms with Crippen molar-refractivity contribution >= 4 is 11.8 Å². The van der Waals surface area contributed by atoms with E-state index in [0.29, 0.717) is 0 Å². The molecule has 0 saturated heterocycles. The first-order chi connectivity index (χ1) is 8.92. The smallest absolute Gasteiger partial charge is 0.161 e. The third-order valence-electron chi connectivity index (χ3n) is 2.86. The lowest BCUT2D eigenvalue weighted by atomic mass is 10.2. The first-order valence-corrected chi connectivity index (χ1v) is 7.82. The molecule has 0 amide bonds. The summed E-state index contributed by atoms with van der Waals surface area (Å²) in [5, 5.41) is 7.82. The molecule has 1 aromatic heterocycles. The van der Waals surface area contributed by atoms with E-state index in [1.54, 1.807) is 7.11 Å². The van der Waals surface area contributed by atoms with E-state index in [1.165, 1.54) is 0 Å². The normalized spacial score (nSPS) is 13.6. The molecule has 19 heavy (non-hydrogen) atoms. The molecule has 0 spiro atoms. The predicted molar refractivity (Wildman–Crippen MR) is 83.1 cm³/mol. The number of hydrogen-bond acceptors (Lipinski definition) is 4. The molecule has 1 aromatic rings. The standard InChI is InChI=1S/C14H27N3OS/c1-7-8-17-13(12(18-6)9-16-17)11(15-5)10-19-14(2,3)4/h9,11,15H,7-8,10H2,1-6H3. The zero-order valence-corrected chi connectivity index (χ0v) is 13.8. The van der Waals surface area contributed by atoms with Crippen LogP contribution in [0.25, 0.3) is 0 Å². The molecule has 0 saturated carbocycles. The number of nitrogens with one attached hydrogen (secondary N) is 1. The fourth-order valence-corrected chi connectivity index (χ4v) is 2.90. The number of aromatic nitrogens is 2. The fourth-order valence-electron chi connectivity index (χ4n) is 1.91. The zero-order chi connectivity index (χ0) is 14.5. The van der Waals surface area contributed by atoms with Gasteiger partial charge in [0.05, 0.1) is 25.0 Å². The van der Waals surface area contributed by atoms with Gasteiger partial charge in [-0.15, -0.1) is 0 Å². The van der Waals surface area contributed by atoms with Crippen LogP contribution >= 0.6 is 11.8 Å². The molecule has 1 rings (SSSR count). The predicted octanol–water partition coefficient (Wildman–Crippen LogP) is 3.09. The van der Waals surface area contributed by atoms with E-state index in [4.69, 9.17) is 4.74 Å². The molecule has 110 valence electrons. The monoisotopic (exact) mass is 285 g/mol. The quantitative estimate of drug-likeness (QED) is 0.835. The largest absolute Gasteiger partial charge is 0.493 e. The Bertz CT molecular complexity index is 385. The number of ether oxygens (including phenoxy) is 1. The lowest BCUT2D eigenvalue weighted by molar-refractivity contribution is 0.398. The number of rotatable bonds is 7. The molecular weight excluding hydrogens is 258 g/mol. The SMILES string of the molecule is CCCn1ncc(OC)c1C(CSC(C)(C)C)NC. The van der Waals surface area contributed by atoms with Crippen LogP contribution in [-0.4, -0.2) is 34.4 Å². The van der Waals surface area contributed by atoms with Gasteiger partial charge in [-0.05, 0) is 13.5 Å². The molecule has 1 heterocycles. The van der Waals surface area contributed by atoms with Crippen LogP contribution < -0.4 is 10.1 Å². The molecule has 1 N–H and O–H groups in total. The van der Waals surface area contributed by atoms with Crippen molar-refractivity contribution in [2.24, 2.45) is 0 Å². The van der Waals surface area contributed by atoms with Gasteiger partial charge in [0.25, 0.3) is 0 Å². The van der Waals surface area contributed by atoms with Crippen molar-refractivity contribution in [1.29, 1.82) is 0 Å². The van der Waals surface area contributed by atoms with Crippen molar-refractivity contribution in [3.05, 3.63) is 11.9 Å². The number of nitrogens with zero attached hydrogens (tertiary/aromatic N) is 2. The summed E-state index contributed by atoms with van der Waals surface area (Å²) in [6, 6.07) is 0.258. The number of thioether (sulfide) groups is 1. The van der Waals surface area contributed by atoms with E-state index in [9.17, 15) is 0 Å². The first kappa shape index (κ1) is 16.4. The van der Waals surface area contributed by atoms with Crippen LogP contribution in [0.4, 0.5) is 0 Å². The van der Waals surface area contributed by atoms with Gasteiger partial charge < -0.3 is 10.1 Å². The lowest BCUT2D eigenvalue weighted by Gasteiger charge is -2.24. The second-order valence-corrected chi connectivity index (χ2v) is 7.43. The molecule has 0 aliphatic carbocycles. The molecule has 5 heteroatoms. The second kappa shape index (κ2) is 7.20. The molecule has 0 aliphatic heterocycles. The number of aryl methyl sites for hydroxylation is 1. The van der Waals surface area contributed by atoms with E-state index in [-0.39, 0.29) is 10.8 Å². The second-order valence-electron chi connectivity index (χ2n) is 5.59. The van der Waals surface area contributed by atoms with Crippen LogP contribution in [0.5, 0.6) is 5.75 Å². The van der Waals surface area contributed by atoms with Crippen molar-refractivity contribution < 1.29 is 4.74 Å². The molecule has 4 nitrogen and oxygen atoms in total. The summed E-state index contributed by atoms with van der Waals surface area (Å²) in [7, 11) is 3.71. The highest BCUT2D eigenvalue weighted by Crippen LogP contribution is 2.32. The van der Waals surface area contributed by atoms with E-state index in [0.717, 1.165) is 30.2 Å². The van der Waals surface area contributed by atoms with Gasteiger partial charge in [0, 0.05) is 17.0 Å². The van der Waals surface area contributed by atoms with Gasteiger partial charge in [-0.25, -0.2) is 0 Å². The Morgan fingerprint density at radius 3 is 2.63 bits per heavy atom. The van der Waals surface area contributed by atoms with Crippen LogP contribution in [0, 0.1) is 0 Å². The van der Waals surface area contributed by atoms with Crippen molar-refractivity contribution in [1.82, 2.24) is 15.1 Å². The van der Waals surface area contributed by atoms with Crippen LogP contribution in [-0.2, 0) is 6.54 Å². The highest BCUT2D eigenvalue weighted by molar-refractivity contribution is 8.00. The summed E-state index contributed by atoms with van der Waals surface area (Å²) in [6.45, 7) is 9.81. The third kappa shape index (κ3) is 4.73. The zero-order valence-electron chi connectivity index (χ0n) is 13.0. The van der Waals surface area contributed by atoms with Gasteiger partial charge in [-0.3, -0.25) is 4.68 Å². The maximum atomic E-state index is 5.45. The van der Waals surface area contributed by atoms with Gasteiger partial charge >= 0.3 is 0 Å². The van der Waals surface area contributed by atoms with Crippen LogP contribution in [0.2, 0.25) is 0 Å². The van der Waals surface area contributed by atoms with Crippen LogP contribution in [0.15, 0.2) is 6.20 Å². The summed E-state index contributed by atoms with van der Waals surface area (Å²) in [6.07, 6.45) is 2.89. The van der Waals surface area contributed by atoms with Gasteiger partial charge in [0.2, 0.25) is 0 Å². The molecule has 0 radical (unpaired) electrons. The summed E-state index contributed by atoms with van der Waals surface area (Å²) in [5.41, 5.74) is 1.16. The Balaban J connectivity index is 2.92. The molecule has 1 atom stereocenters. The minimum Gasteiger partial charge on any atom is -0.493 e. The summed E-state index contributed by atoms with van der Waals surface area (Å²) in [5.74, 6) is 1.88. The van der Waals surface area contributed by atoms with Crippen molar-refractivity contribution in [2.75, 3.05) is 19.9 Å². The highest BCUT2D eigenvalue weighted by Gasteiger charge is 2.22. The van der Waals surface area contributed by atoms with E-state index in [2.05, 4.69) is 42.8 Å². The average Bonchev–Trinajstić information content (AvgIpc) is 2.73. The summed E-state index contributed by atoms with van der Waals surface area (Å²) < 4.78 is 7.78. The molecule has 1 unspecified atom stereocenters. The minimum atomic E-state index is 0.258. The Hall–Kier alpha value is -0.680. The maximum absolute atomic E-state index is 5.45. The Kier molecular flexibility index (Phi) is 6.20. The molecule has 0 fully saturated rings. The number of methoxy groups -OCH3 is 1. The molecule has 0 bridgehead atoms. The van der Waals surface area contributed by atoms with Gasteiger partial charge in [0.1, 0.15) is 0 Å². The number of hydrogen-bond donors (Lipinski definition) is 1. The molecule has 0 aromatic carbocycles. The van der Waals surface area contributed by atoms with Gasteiger partial charge in [-0.1, -0.05) is 27.7 Å². The van der Waals surface area contributed by atoms with Crippen LogP contribution in [0.3, 0.4) is 0 Å². The Morgan fingerprint density at radius 1 is 1.47 bits per heavy atom. The van der Waals surface area contributed by atoms with E-state index in [1.807, 2.05) is 25.0 Å². The van der Waals surface area contributed by atoms with E-state index < -0.39 is 0 Å². The lowest BCUT2D eigenvalue weighted by Crippen LogP contribution is -2.25. The minimum absolute atomic E-state index is 0.258. The van der Waals surface area contributed by atoms with Crippen molar-refractivity contribution in [3.63, 3.8) is 0 Å². The Labute approximate surface area is 121 Å². The maximum Gasteiger partial charge on any atom is 0.161 e. The third-order valence-corrected chi connectivity index (χ3v) is 4.23. The highest BCUT2D eigenvalue weighted by atomic mass is 32.2. The first-order valence-electron chi connectivity index (χ1n) is 6.83. The van der Waals surface area contributed by atoms with Crippen LogP contribution in [0.1, 0.15) is 45.9 Å².